The van der Waals surface area contributed by atoms with Gasteiger partial charge in [-0.2, -0.15) is 9.40 Å². The zero-order valence-corrected chi connectivity index (χ0v) is 14.5. The number of aromatic nitrogens is 3. The molecule has 0 spiro atoms. The summed E-state index contributed by atoms with van der Waals surface area (Å²) in [5.74, 6) is 0.588. The summed E-state index contributed by atoms with van der Waals surface area (Å²) in [5.41, 5.74) is 2.26. The Balaban J connectivity index is 1.73. The first-order valence-corrected chi connectivity index (χ1v) is 9.55. The van der Waals surface area contributed by atoms with E-state index in [9.17, 15) is 8.42 Å². The fraction of sp³-hybridized carbons (Fsp3) is 0.294. The van der Waals surface area contributed by atoms with Crippen LogP contribution < -0.4 is 0 Å². The quantitative estimate of drug-likeness (QED) is 0.774. The number of hydrogen-bond acceptors (Lipinski definition) is 5. The Bertz CT molecular complexity index is 978. The lowest BCUT2D eigenvalue weighted by Crippen LogP contribution is -2.31. The number of nitrogens with one attached hydrogen (secondary N) is 1. The topological polar surface area (TPSA) is 92.1 Å². The van der Waals surface area contributed by atoms with Crippen LogP contribution in [0.5, 0.6) is 0 Å². The second-order valence-corrected chi connectivity index (χ2v) is 8.01. The molecule has 1 saturated heterocycles. The second-order valence-electron chi connectivity index (χ2n) is 6.12. The summed E-state index contributed by atoms with van der Waals surface area (Å²) in [7, 11) is -3.57. The number of aromatic amines is 1. The Morgan fingerprint density at radius 2 is 2.08 bits per heavy atom. The monoisotopic (exact) mass is 358 g/mol. The molecule has 2 aromatic heterocycles. The van der Waals surface area contributed by atoms with Crippen molar-refractivity contribution >= 4 is 10.0 Å². The lowest BCUT2D eigenvalue weighted by Gasteiger charge is -2.23. The van der Waals surface area contributed by atoms with Crippen LogP contribution in [0.4, 0.5) is 0 Å². The largest absolute Gasteiger partial charge is 0.356 e. The van der Waals surface area contributed by atoms with Crippen LogP contribution in [-0.2, 0) is 10.0 Å². The average Bonchev–Trinajstić information content (AvgIpc) is 3.34. The van der Waals surface area contributed by atoms with Crippen molar-refractivity contribution in [2.75, 3.05) is 6.54 Å². The third kappa shape index (κ3) is 2.77. The maximum Gasteiger partial charge on any atom is 0.243 e. The van der Waals surface area contributed by atoms with Gasteiger partial charge in [0.25, 0.3) is 0 Å². The van der Waals surface area contributed by atoms with E-state index in [0.717, 1.165) is 29.8 Å². The molecule has 1 aromatic carbocycles. The van der Waals surface area contributed by atoms with E-state index in [4.69, 9.17) is 4.52 Å². The smallest absolute Gasteiger partial charge is 0.243 e. The van der Waals surface area contributed by atoms with Crippen molar-refractivity contribution in [2.45, 2.75) is 30.7 Å². The summed E-state index contributed by atoms with van der Waals surface area (Å²) < 4.78 is 33.0. The highest BCUT2D eigenvalue weighted by molar-refractivity contribution is 7.89. The molecule has 8 heteroatoms. The molecule has 1 atom stereocenters. The molecule has 3 heterocycles. The van der Waals surface area contributed by atoms with E-state index in [1.54, 1.807) is 40.8 Å². The molecule has 0 radical (unpaired) electrons. The molecule has 3 aromatic rings. The van der Waals surface area contributed by atoms with Gasteiger partial charge in [0.2, 0.25) is 10.0 Å². The van der Waals surface area contributed by atoms with Crippen molar-refractivity contribution in [1.29, 1.82) is 0 Å². The minimum Gasteiger partial charge on any atom is -0.356 e. The maximum absolute atomic E-state index is 13.0. The van der Waals surface area contributed by atoms with E-state index < -0.39 is 10.0 Å². The lowest BCUT2D eigenvalue weighted by atomic mass is 10.1. The van der Waals surface area contributed by atoms with Gasteiger partial charge in [-0.25, -0.2) is 8.42 Å². The van der Waals surface area contributed by atoms with Gasteiger partial charge in [-0.1, -0.05) is 23.4 Å². The van der Waals surface area contributed by atoms with Gasteiger partial charge in [-0.05, 0) is 31.9 Å². The summed E-state index contributed by atoms with van der Waals surface area (Å²) in [6.07, 6.45) is 3.18. The molecule has 4 rings (SSSR count). The van der Waals surface area contributed by atoms with Crippen LogP contribution in [0.1, 0.15) is 30.3 Å². The van der Waals surface area contributed by atoms with Crippen molar-refractivity contribution in [2.24, 2.45) is 0 Å². The number of benzene rings is 1. The molecular formula is C17H18N4O3S. The predicted molar refractivity (Wildman–Crippen MR) is 91.1 cm³/mol. The van der Waals surface area contributed by atoms with Crippen LogP contribution in [-0.4, -0.2) is 34.6 Å². The zero-order chi connectivity index (χ0) is 17.4. The summed E-state index contributed by atoms with van der Waals surface area (Å²) in [5, 5.41) is 11.0. The Kier molecular flexibility index (Phi) is 3.93. The number of hydrogen-bond donors (Lipinski definition) is 1. The van der Waals surface area contributed by atoms with Crippen LogP contribution in [0.15, 0.2) is 52.0 Å². The van der Waals surface area contributed by atoms with E-state index in [2.05, 4.69) is 15.4 Å². The summed E-state index contributed by atoms with van der Waals surface area (Å²) in [6, 6.07) is 10.0. The third-order valence-electron chi connectivity index (χ3n) is 4.45. The van der Waals surface area contributed by atoms with Crippen LogP contribution >= 0.6 is 0 Å². The van der Waals surface area contributed by atoms with Crippen molar-refractivity contribution in [3.05, 3.63) is 54.0 Å². The van der Waals surface area contributed by atoms with Gasteiger partial charge in [0, 0.05) is 12.6 Å². The van der Waals surface area contributed by atoms with E-state index in [1.807, 2.05) is 13.0 Å². The van der Waals surface area contributed by atoms with Crippen LogP contribution in [0.2, 0.25) is 0 Å². The van der Waals surface area contributed by atoms with E-state index >= 15 is 0 Å². The molecule has 1 aliphatic rings. The molecule has 25 heavy (non-hydrogen) atoms. The van der Waals surface area contributed by atoms with Crippen molar-refractivity contribution in [3.63, 3.8) is 0 Å². The molecular weight excluding hydrogens is 340 g/mol. The van der Waals surface area contributed by atoms with E-state index in [1.165, 1.54) is 0 Å². The first-order chi connectivity index (χ1) is 12.1. The third-order valence-corrected chi connectivity index (χ3v) is 6.37. The minimum atomic E-state index is -3.57. The number of H-pyrrole nitrogens is 1. The highest BCUT2D eigenvalue weighted by Crippen LogP contribution is 2.39. The average molecular weight is 358 g/mol. The minimum absolute atomic E-state index is 0.298. The lowest BCUT2D eigenvalue weighted by molar-refractivity contribution is 0.388. The van der Waals surface area contributed by atoms with Gasteiger partial charge in [0.1, 0.15) is 0 Å². The Labute approximate surface area is 145 Å². The van der Waals surface area contributed by atoms with Gasteiger partial charge >= 0.3 is 0 Å². The number of rotatable bonds is 4. The molecule has 0 saturated carbocycles. The normalized spacial score (nSPS) is 18.7. The molecule has 7 nitrogen and oxygen atoms in total. The maximum atomic E-state index is 13.0. The number of sulfonamides is 1. The first kappa shape index (κ1) is 16.0. The highest BCUT2D eigenvalue weighted by Gasteiger charge is 2.38. The fourth-order valence-corrected chi connectivity index (χ4v) is 4.97. The summed E-state index contributed by atoms with van der Waals surface area (Å²) in [6.45, 7) is 2.32. The SMILES string of the molecule is Cc1cc(-c2cn[nH]c2C2CCCN2S(=O)(=O)c2ccccc2)on1. The van der Waals surface area contributed by atoms with E-state index in [-0.39, 0.29) is 6.04 Å². The molecule has 1 aliphatic heterocycles. The van der Waals surface area contributed by atoms with Gasteiger partial charge < -0.3 is 4.52 Å². The van der Waals surface area contributed by atoms with Gasteiger partial charge in [-0.15, -0.1) is 0 Å². The van der Waals surface area contributed by atoms with Crippen LogP contribution in [0.25, 0.3) is 11.3 Å². The Morgan fingerprint density at radius 1 is 1.28 bits per heavy atom. The van der Waals surface area contributed by atoms with Crippen molar-refractivity contribution in [3.8, 4) is 11.3 Å². The molecule has 1 N–H and O–H groups in total. The predicted octanol–water partition coefficient (Wildman–Crippen LogP) is 2.90. The summed E-state index contributed by atoms with van der Waals surface area (Å²) in [4.78, 5) is 0.304. The number of nitrogens with zero attached hydrogens (tertiary/aromatic N) is 3. The van der Waals surface area contributed by atoms with Crippen LogP contribution in [0.3, 0.4) is 0 Å². The molecule has 0 aliphatic carbocycles. The summed E-state index contributed by atoms with van der Waals surface area (Å²) >= 11 is 0. The van der Waals surface area contributed by atoms with Gasteiger partial charge in [0.05, 0.1) is 34.1 Å². The van der Waals surface area contributed by atoms with Gasteiger partial charge in [-0.3, -0.25) is 5.10 Å². The van der Waals surface area contributed by atoms with Crippen LogP contribution in [0, 0.1) is 6.92 Å². The molecule has 0 bridgehead atoms. The standard InChI is InChI=1S/C17H18N4O3S/c1-12-10-16(24-20-12)14-11-18-19-17(14)15-8-5-9-21(15)25(22,23)13-6-3-2-4-7-13/h2-4,6-7,10-11,15H,5,8-9H2,1H3,(H,18,19). The van der Waals surface area contributed by atoms with Gasteiger partial charge in [0.15, 0.2) is 5.76 Å². The molecule has 130 valence electrons. The molecule has 1 fully saturated rings. The molecule has 0 amide bonds. The Morgan fingerprint density at radius 3 is 2.80 bits per heavy atom. The molecule has 1 unspecified atom stereocenters. The second kappa shape index (κ2) is 6.12. The first-order valence-electron chi connectivity index (χ1n) is 8.11. The highest BCUT2D eigenvalue weighted by atomic mass is 32.2. The van der Waals surface area contributed by atoms with Crippen molar-refractivity contribution < 1.29 is 12.9 Å². The zero-order valence-electron chi connectivity index (χ0n) is 13.7. The fourth-order valence-electron chi connectivity index (χ4n) is 3.28. The Hall–Kier alpha value is -2.45. The van der Waals surface area contributed by atoms with Crippen molar-refractivity contribution in [1.82, 2.24) is 19.7 Å². The number of aryl methyl sites for hydroxylation is 1. The van der Waals surface area contributed by atoms with E-state index in [0.29, 0.717) is 17.2 Å².